The molecule has 5 heteroatoms. The highest BCUT2D eigenvalue weighted by Gasteiger charge is 2.23. The molecular formula is C24H21N3O2. The van der Waals surface area contributed by atoms with E-state index in [1.807, 2.05) is 85.8 Å². The molecular weight excluding hydrogens is 362 g/mol. The molecule has 0 aliphatic heterocycles. The fourth-order valence-corrected chi connectivity index (χ4v) is 3.35. The Hall–Kier alpha value is -3.73. The van der Waals surface area contributed by atoms with E-state index in [-0.39, 0.29) is 5.91 Å². The van der Waals surface area contributed by atoms with Crippen molar-refractivity contribution < 1.29 is 9.32 Å². The first-order chi connectivity index (χ1) is 14.1. The van der Waals surface area contributed by atoms with Crippen LogP contribution in [0.2, 0.25) is 0 Å². The Morgan fingerprint density at radius 1 is 0.897 bits per heavy atom. The number of aromatic nitrogens is 2. The third kappa shape index (κ3) is 4.09. The van der Waals surface area contributed by atoms with E-state index in [0.717, 1.165) is 27.9 Å². The molecule has 0 fully saturated rings. The molecule has 0 saturated carbocycles. The monoisotopic (exact) mass is 383 g/mol. The molecule has 1 aromatic heterocycles. The largest absolute Gasteiger partial charge is 0.339 e. The summed E-state index contributed by atoms with van der Waals surface area (Å²) in [5, 5.41) is 7.04. The van der Waals surface area contributed by atoms with Gasteiger partial charge in [0, 0.05) is 18.2 Å². The number of amides is 1. The van der Waals surface area contributed by atoms with Crippen LogP contribution in [-0.2, 0) is 4.79 Å². The molecule has 4 aromatic rings. The number of aryl methyl sites for hydroxylation is 2. The lowest BCUT2D eigenvalue weighted by atomic mass is 9.90. The molecule has 0 saturated heterocycles. The van der Waals surface area contributed by atoms with Crippen molar-refractivity contribution in [3.63, 3.8) is 0 Å². The van der Waals surface area contributed by atoms with Gasteiger partial charge in [0.05, 0.1) is 5.92 Å². The molecule has 4 rings (SSSR count). The Morgan fingerprint density at radius 3 is 2.03 bits per heavy atom. The standard InChI is InChI=1S/C24H21N3O2/c1-16-15-20(23-25-17(2)29-27-23)13-14-21(16)26-24(28)22(18-9-5-3-6-10-18)19-11-7-4-8-12-19/h3-15,22H,1-2H3,(H,26,28). The van der Waals surface area contributed by atoms with E-state index >= 15 is 0 Å². The van der Waals surface area contributed by atoms with E-state index in [1.54, 1.807) is 6.92 Å². The van der Waals surface area contributed by atoms with Gasteiger partial charge < -0.3 is 9.84 Å². The lowest BCUT2D eigenvalue weighted by Gasteiger charge is -2.19. The number of nitrogens with zero attached hydrogens (tertiary/aromatic N) is 2. The van der Waals surface area contributed by atoms with Crippen LogP contribution < -0.4 is 5.32 Å². The SMILES string of the molecule is Cc1nc(-c2ccc(NC(=O)C(c3ccccc3)c3ccccc3)c(C)c2)no1. The second-order valence-electron chi connectivity index (χ2n) is 6.91. The third-order valence-electron chi connectivity index (χ3n) is 4.80. The van der Waals surface area contributed by atoms with Gasteiger partial charge in [-0.2, -0.15) is 4.98 Å². The highest BCUT2D eigenvalue weighted by molar-refractivity contribution is 5.98. The molecule has 0 radical (unpaired) electrons. The number of anilines is 1. The molecule has 1 N–H and O–H groups in total. The first-order valence-corrected chi connectivity index (χ1v) is 9.44. The molecule has 144 valence electrons. The van der Waals surface area contributed by atoms with Crippen molar-refractivity contribution in [3.05, 3.63) is 101 Å². The predicted molar refractivity (Wildman–Crippen MR) is 113 cm³/mol. The molecule has 29 heavy (non-hydrogen) atoms. The summed E-state index contributed by atoms with van der Waals surface area (Å²) in [6, 6.07) is 25.3. The Balaban J connectivity index is 1.62. The fourth-order valence-electron chi connectivity index (χ4n) is 3.35. The second-order valence-corrected chi connectivity index (χ2v) is 6.91. The predicted octanol–water partition coefficient (Wildman–Crippen LogP) is 5.12. The van der Waals surface area contributed by atoms with E-state index in [0.29, 0.717) is 11.7 Å². The van der Waals surface area contributed by atoms with Crippen molar-refractivity contribution in [3.8, 4) is 11.4 Å². The Morgan fingerprint density at radius 2 is 1.52 bits per heavy atom. The number of nitrogens with one attached hydrogen (secondary N) is 1. The van der Waals surface area contributed by atoms with Crippen molar-refractivity contribution in [1.82, 2.24) is 10.1 Å². The van der Waals surface area contributed by atoms with Crippen LogP contribution in [0.3, 0.4) is 0 Å². The zero-order valence-corrected chi connectivity index (χ0v) is 16.3. The maximum atomic E-state index is 13.3. The molecule has 1 heterocycles. The van der Waals surface area contributed by atoms with Crippen molar-refractivity contribution in [1.29, 1.82) is 0 Å². The highest BCUT2D eigenvalue weighted by atomic mass is 16.5. The number of carbonyl (C=O) groups is 1. The van der Waals surface area contributed by atoms with E-state index in [2.05, 4.69) is 15.5 Å². The van der Waals surface area contributed by atoms with Crippen LogP contribution in [0.4, 0.5) is 5.69 Å². The van der Waals surface area contributed by atoms with Gasteiger partial charge in [-0.05, 0) is 41.8 Å². The minimum Gasteiger partial charge on any atom is -0.339 e. The third-order valence-corrected chi connectivity index (χ3v) is 4.80. The molecule has 0 spiro atoms. The van der Waals surface area contributed by atoms with Gasteiger partial charge >= 0.3 is 0 Å². The van der Waals surface area contributed by atoms with Gasteiger partial charge in [0.25, 0.3) is 0 Å². The summed E-state index contributed by atoms with van der Waals surface area (Å²) in [7, 11) is 0. The van der Waals surface area contributed by atoms with Crippen LogP contribution in [0.5, 0.6) is 0 Å². The lowest BCUT2D eigenvalue weighted by Crippen LogP contribution is -2.22. The number of hydrogen-bond donors (Lipinski definition) is 1. The highest BCUT2D eigenvalue weighted by Crippen LogP contribution is 2.28. The second kappa shape index (κ2) is 8.10. The molecule has 0 bridgehead atoms. The van der Waals surface area contributed by atoms with Crippen LogP contribution >= 0.6 is 0 Å². The Labute approximate surface area is 169 Å². The van der Waals surface area contributed by atoms with E-state index < -0.39 is 5.92 Å². The average molecular weight is 383 g/mol. The maximum absolute atomic E-state index is 13.3. The number of hydrogen-bond acceptors (Lipinski definition) is 4. The van der Waals surface area contributed by atoms with Gasteiger partial charge in [0.1, 0.15) is 0 Å². The van der Waals surface area contributed by atoms with Crippen LogP contribution in [0.15, 0.2) is 83.4 Å². The summed E-state index contributed by atoms with van der Waals surface area (Å²) in [6.45, 7) is 3.71. The topological polar surface area (TPSA) is 68.0 Å². The number of carbonyl (C=O) groups excluding carboxylic acids is 1. The maximum Gasteiger partial charge on any atom is 0.236 e. The molecule has 0 aliphatic carbocycles. The van der Waals surface area contributed by atoms with Gasteiger partial charge in [-0.15, -0.1) is 0 Å². The van der Waals surface area contributed by atoms with Crippen LogP contribution in [-0.4, -0.2) is 16.0 Å². The van der Waals surface area contributed by atoms with Crippen molar-refractivity contribution >= 4 is 11.6 Å². The van der Waals surface area contributed by atoms with Crippen LogP contribution in [0, 0.1) is 13.8 Å². The lowest BCUT2D eigenvalue weighted by molar-refractivity contribution is -0.116. The molecule has 0 unspecified atom stereocenters. The van der Waals surface area contributed by atoms with Gasteiger partial charge in [-0.3, -0.25) is 4.79 Å². The summed E-state index contributed by atoms with van der Waals surface area (Å²) in [6.07, 6.45) is 0. The molecule has 0 atom stereocenters. The Bertz CT molecular complexity index is 1080. The number of benzene rings is 3. The van der Waals surface area contributed by atoms with E-state index in [9.17, 15) is 4.79 Å². The van der Waals surface area contributed by atoms with Gasteiger partial charge in [0.15, 0.2) is 0 Å². The smallest absolute Gasteiger partial charge is 0.236 e. The summed E-state index contributed by atoms with van der Waals surface area (Å²) < 4.78 is 5.05. The average Bonchev–Trinajstić information content (AvgIpc) is 3.18. The van der Waals surface area contributed by atoms with Crippen molar-refractivity contribution in [2.75, 3.05) is 5.32 Å². The first kappa shape index (κ1) is 18.6. The minimum absolute atomic E-state index is 0.0753. The van der Waals surface area contributed by atoms with Crippen LogP contribution in [0.25, 0.3) is 11.4 Å². The van der Waals surface area contributed by atoms with Gasteiger partial charge in [-0.25, -0.2) is 0 Å². The Kier molecular flexibility index (Phi) is 5.20. The van der Waals surface area contributed by atoms with Crippen molar-refractivity contribution in [2.45, 2.75) is 19.8 Å². The minimum atomic E-state index is -0.392. The summed E-state index contributed by atoms with van der Waals surface area (Å²) in [5.41, 5.74) is 4.44. The molecule has 3 aromatic carbocycles. The summed E-state index contributed by atoms with van der Waals surface area (Å²) >= 11 is 0. The van der Waals surface area contributed by atoms with Gasteiger partial charge in [-0.1, -0.05) is 65.8 Å². The quantitative estimate of drug-likeness (QED) is 0.519. The van der Waals surface area contributed by atoms with Crippen LogP contribution in [0.1, 0.15) is 28.5 Å². The molecule has 0 aliphatic rings. The zero-order chi connectivity index (χ0) is 20.2. The zero-order valence-electron chi connectivity index (χ0n) is 16.3. The first-order valence-electron chi connectivity index (χ1n) is 9.44. The van der Waals surface area contributed by atoms with E-state index in [4.69, 9.17) is 4.52 Å². The summed E-state index contributed by atoms with van der Waals surface area (Å²) in [4.78, 5) is 17.5. The molecule has 5 nitrogen and oxygen atoms in total. The van der Waals surface area contributed by atoms with E-state index in [1.165, 1.54) is 0 Å². The number of rotatable bonds is 5. The van der Waals surface area contributed by atoms with Gasteiger partial charge in [0.2, 0.25) is 17.6 Å². The normalized spacial score (nSPS) is 10.9. The van der Waals surface area contributed by atoms with Crippen molar-refractivity contribution in [2.24, 2.45) is 0 Å². The summed E-state index contributed by atoms with van der Waals surface area (Å²) in [5.74, 6) is 0.587. The molecule has 1 amide bonds. The fraction of sp³-hybridized carbons (Fsp3) is 0.125.